The van der Waals surface area contributed by atoms with Gasteiger partial charge < -0.3 is 9.13 Å². The summed E-state index contributed by atoms with van der Waals surface area (Å²) in [5.74, 6) is 0.447. The number of nitrogens with zero attached hydrogens (tertiary/aromatic N) is 4. The number of Topliss-reactive ketones (excluding diaryl/α,β-unsaturated/α-hetero) is 1. The number of carbonyl (C=O) groups is 1. The SMILES string of the molecule is CCCC(c1ccc(CCCCCC(=O)CCCCCc2ccc(C(CCC)n3ccnc3)s2)s1)n1ccnc1. The van der Waals surface area contributed by atoms with Gasteiger partial charge in [-0.15, -0.1) is 22.7 Å². The first kappa shape index (κ1) is 30.4. The van der Waals surface area contributed by atoms with Gasteiger partial charge in [-0.05, 0) is 75.6 Å². The molecule has 4 rings (SSSR count). The van der Waals surface area contributed by atoms with E-state index in [0.717, 1.165) is 77.0 Å². The molecule has 5 nitrogen and oxygen atoms in total. The van der Waals surface area contributed by atoms with Crippen LogP contribution >= 0.6 is 22.7 Å². The molecule has 0 N–H and O–H groups in total. The van der Waals surface area contributed by atoms with Gasteiger partial charge in [0.15, 0.2) is 0 Å². The summed E-state index contributed by atoms with van der Waals surface area (Å²) in [5.41, 5.74) is 0. The number of aryl methyl sites for hydroxylation is 2. The van der Waals surface area contributed by atoms with Crippen LogP contribution in [0.15, 0.2) is 61.7 Å². The van der Waals surface area contributed by atoms with Crippen LogP contribution in [0.3, 0.4) is 0 Å². The molecular formula is C33H46N4OS2. The smallest absolute Gasteiger partial charge is 0.132 e. The Morgan fingerprint density at radius 3 is 1.57 bits per heavy atom. The number of imidazole rings is 2. The lowest BCUT2D eigenvalue weighted by Crippen LogP contribution is -2.06. The second kappa shape index (κ2) is 16.7. The van der Waals surface area contributed by atoms with Crippen molar-refractivity contribution in [2.24, 2.45) is 0 Å². The topological polar surface area (TPSA) is 52.7 Å². The summed E-state index contributed by atoms with van der Waals surface area (Å²) in [4.78, 5) is 26.7. The Morgan fingerprint density at radius 2 is 1.18 bits per heavy atom. The molecule has 7 heteroatoms. The van der Waals surface area contributed by atoms with Crippen LogP contribution in [-0.4, -0.2) is 24.9 Å². The predicted octanol–water partition coefficient (Wildman–Crippen LogP) is 9.46. The first-order valence-corrected chi connectivity index (χ1v) is 16.9. The maximum absolute atomic E-state index is 12.4. The third-order valence-electron chi connectivity index (χ3n) is 7.67. The van der Waals surface area contributed by atoms with E-state index in [0.29, 0.717) is 17.9 Å². The third kappa shape index (κ3) is 9.27. The number of carbonyl (C=O) groups excluding carboxylic acids is 1. The molecule has 0 aromatic carbocycles. The molecule has 0 radical (unpaired) electrons. The summed E-state index contributed by atoms with van der Waals surface area (Å²) in [6, 6.07) is 9.99. The molecular weight excluding hydrogens is 533 g/mol. The van der Waals surface area contributed by atoms with E-state index in [1.165, 1.54) is 32.4 Å². The molecule has 4 heterocycles. The van der Waals surface area contributed by atoms with Crippen molar-refractivity contribution in [1.29, 1.82) is 0 Å². The van der Waals surface area contributed by atoms with Crippen LogP contribution in [0.2, 0.25) is 0 Å². The van der Waals surface area contributed by atoms with E-state index in [-0.39, 0.29) is 0 Å². The van der Waals surface area contributed by atoms with Crippen LogP contribution < -0.4 is 0 Å². The summed E-state index contributed by atoms with van der Waals surface area (Å²) >= 11 is 3.89. The Kier molecular flexibility index (Phi) is 12.7. The van der Waals surface area contributed by atoms with Gasteiger partial charge in [0.2, 0.25) is 0 Å². The third-order valence-corrected chi connectivity index (χ3v) is 10.2. The van der Waals surface area contributed by atoms with Crippen molar-refractivity contribution in [2.45, 2.75) is 116 Å². The minimum Gasteiger partial charge on any atom is -0.329 e. The van der Waals surface area contributed by atoms with Gasteiger partial charge in [-0.2, -0.15) is 0 Å². The maximum atomic E-state index is 12.4. The molecule has 40 heavy (non-hydrogen) atoms. The van der Waals surface area contributed by atoms with E-state index >= 15 is 0 Å². The van der Waals surface area contributed by atoms with Gasteiger partial charge >= 0.3 is 0 Å². The fourth-order valence-corrected chi connectivity index (χ4v) is 7.86. The average Bonchev–Trinajstić information content (AvgIpc) is 3.78. The highest BCUT2D eigenvalue weighted by atomic mass is 32.1. The largest absolute Gasteiger partial charge is 0.329 e. The molecule has 2 unspecified atom stereocenters. The first-order chi connectivity index (χ1) is 19.7. The highest BCUT2D eigenvalue weighted by Gasteiger charge is 2.16. The van der Waals surface area contributed by atoms with Crippen molar-refractivity contribution in [3.05, 3.63) is 81.2 Å². The summed E-state index contributed by atoms with van der Waals surface area (Å²) in [6.07, 6.45) is 26.7. The normalized spacial score (nSPS) is 13.1. The second-order valence-electron chi connectivity index (χ2n) is 10.9. The van der Waals surface area contributed by atoms with Crippen LogP contribution in [0.25, 0.3) is 0 Å². The Bertz CT molecular complexity index is 1130. The number of aromatic nitrogens is 4. The van der Waals surface area contributed by atoms with Crippen molar-refractivity contribution in [3.63, 3.8) is 0 Å². The fourth-order valence-electron chi connectivity index (χ4n) is 5.47. The highest BCUT2D eigenvalue weighted by molar-refractivity contribution is 7.12. The Morgan fingerprint density at radius 1 is 0.700 bits per heavy atom. The molecule has 0 amide bonds. The zero-order valence-electron chi connectivity index (χ0n) is 24.3. The van der Waals surface area contributed by atoms with Crippen LogP contribution in [0.5, 0.6) is 0 Å². The van der Waals surface area contributed by atoms with Gasteiger partial charge in [0, 0.05) is 57.1 Å². The maximum Gasteiger partial charge on any atom is 0.132 e. The van der Waals surface area contributed by atoms with Crippen molar-refractivity contribution in [3.8, 4) is 0 Å². The lowest BCUT2D eigenvalue weighted by molar-refractivity contribution is -0.119. The lowest BCUT2D eigenvalue weighted by atomic mass is 10.0. The van der Waals surface area contributed by atoms with Crippen molar-refractivity contribution >= 4 is 28.5 Å². The van der Waals surface area contributed by atoms with E-state index in [2.05, 4.69) is 69.6 Å². The van der Waals surface area contributed by atoms with Crippen LogP contribution in [0.4, 0.5) is 0 Å². The molecule has 0 aliphatic heterocycles. The number of unbranched alkanes of at least 4 members (excludes halogenated alkanes) is 4. The molecule has 0 aliphatic carbocycles. The number of hydrogen-bond donors (Lipinski definition) is 0. The number of ketones is 1. The fraction of sp³-hybridized carbons (Fsp3) is 0.545. The monoisotopic (exact) mass is 578 g/mol. The second-order valence-corrected chi connectivity index (χ2v) is 13.3. The van der Waals surface area contributed by atoms with E-state index in [9.17, 15) is 4.79 Å². The number of rotatable bonds is 20. The minimum atomic E-state index is 0.401. The molecule has 4 aromatic rings. The molecule has 2 atom stereocenters. The van der Waals surface area contributed by atoms with E-state index < -0.39 is 0 Å². The average molecular weight is 579 g/mol. The molecule has 4 aromatic heterocycles. The Hall–Kier alpha value is -2.51. The van der Waals surface area contributed by atoms with E-state index in [1.807, 2.05) is 47.7 Å². The Labute approximate surface area is 248 Å². The van der Waals surface area contributed by atoms with Gasteiger partial charge in [0.1, 0.15) is 5.78 Å². The van der Waals surface area contributed by atoms with Crippen molar-refractivity contribution < 1.29 is 4.79 Å². The highest BCUT2D eigenvalue weighted by Crippen LogP contribution is 2.32. The van der Waals surface area contributed by atoms with E-state index in [4.69, 9.17) is 0 Å². The number of hydrogen-bond acceptors (Lipinski definition) is 5. The van der Waals surface area contributed by atoms with Crippen LogP contribution in [0, 0.1) is 0 Å². The number of thiophene rings is 2. The van der Waals surface area contributed by atoms with Gasteiger partial charge in [-0.3, -0.25) is 4.79 Å². The molecule has 0 spiro atoms. The van der Waals surface area contributed by atoms with Gasteiger partial charge in [-0.1, -0.05) is 39.5 Å². The zero-order valence-corrected chi connectivity index (χ0v) is 26.0. The Balaban J connectivity index is 1.06. The molecule has 0 saturated heterocycles. The van der Waals surface area contributed by atoms with Gasteiger partial charge in [0.25, 0.3) is 0 Å². The first-order valence-electron chi connectivity index (χ1n) is 15.3. The van der Waals surface area contributed by atoms with Crippen LogP contribution in [-0.2, 0) is 17.6 Å². The zero-order chi connectivity index (χ0) is 28.0. The standard InChI is InChI=1S/C33H46N4OS2/c1-3-11-30(36-23-21-34-25-36)32-19-17-28(39-32)15-9-5-7-13-27(38)14-8-6-10-16-29-18-20-33(40-29)31(12-4-2)37-24-22-35-26-37/h17-26,30-31H,3-16H2,1-2H3. The molecule has 0 saturated carbocycles. The van der Waals surface area contributed by atoms with Crippen molar-refractivity contribution in [2.75, 3.05) is 0 Å². The summed E-state index contributed by atoms with van der Waals surface area (Å²) < 4.78 is 4.46. The summed E-state index contributed by atoms with van der Waals surface area (Å²) in [6.45, 7) is 4.49. The van der Waals surface area contributed by atoms with Gasteiger partial charge in [0.05, 0.1) is 24.7 Å². The summed E-state index contributed by atoms with van der Waals surface area (Å²) in [7, 11) is 0. The lowest BCUT2D eigenvalue weighted by Gasteiger charge is -2.15. The minimum absolute atomic E-state index is 0.401. The molecule has 216 valence electrons. The van der Waals surface area contributed by atoms with Gasteiger partial charge in [-0.25, -0.2) is 9.97 Å². The van der Waals surface area contributed by atoms with Crippen molar-refractivity contribution in [1.82, 2.24) is 19.1 Å². The molecule has 0 fully saturated rings. The molecule has 0 bridgehead atoms. The summed E-state index contributed by atoms with van der Waals surface area (Å²) in [5, 5.41) is 0. The van der Waals surface area contributed by atoms with Crippen LogP contribution in [0.1, 0.15) is 122 Å². The predicted molar refractivity (Wildman–Crippen MR) is 169 cm³/mol. The molecule has 0 aliphatic rings. The quantitative estimate of drug-likeness (QED) is 0.0982. The van der Waals surface area contributed by atoms with E-state index in [1.54, 1.807) is 0 Å².